The summed E-state index contributed by atoms with van der Waals surface area (Å²) >= 11 is 0. The molecular formula is C24H20N2O5. The fourth-order valence-electron chi connectivity index (χ4n) is 2.71. The maximum absolute atomic E-state index is 11.9. The maximum Gasteiger partial charge on any atom is 0.344 e. The number of ether oxygens (including phenoxy) is 3. The Labute approximate surface area is 179 Å². The first kappa shape index (κ1) is 20.2. The lowest BCUT2D eigenvalue weighted by atomic mass is 10.2. The van der Waals surface area contributed by atoms with Gasteiger partial charge in [0, 0.05) is 5.56 Å². The van der Waals surface area contributed by atoms with Gasteiger partial charge in [-0.2, -0.15) is 0 Å². The molecule has 0 bridgehead atoms. The normalized spacial score (nSPS) is 10.5. The minimum absolute atomic E-state index is 0.117. The average Bonchev–Trinajstić information content (AvgIpc) is 3.31. The van der Waals surface area contributed by atoms with Gasteiger partial charge in [0.15, 0.2) is 13.2 Å². The Morgan fingerprint density at radius 1 is 0.742 bits per heavy atom. The van der Waals surface area contributed by atoms with Gasteiger partial charge in [-0.3, -0.25) is 0 Å². The van der Waals surface area contributed by atoms with Crippen LogP contribution in [0, 0.1) is 0 Å². The van der Waals surface area contributed by atoms with Crippen LogP contribution < -0.4 is 9.47 Å². The second kappa shape index (κ2) is 10.1. The Hall–Kier alpha value is -4.13. The fourth-order valence-corrected chi connectivity index (χ4v) is 2.71. The van der Waals surface area contributed by atoms with E-state index < -0.39 is 5.97 Å². The first-order valence-electron chi connectivity index (χ1n) is 9.69. The Morgan fingerprint density at radius 3 is 2.10 bits per heavy atom. The van der Waals surface area contributed by atoms with E-state index in [4.69, 9.17) is 18.6 Å². The van der Waals surface area contributed by atoms with Crippen molar-refractivity contribution in [3.05, 3.63) is 96.4 Å². The summed E-state index contributed by atoms with van der Waals surface area (Å²) in [5, 5.41) is 7.83. The van der Waals surface area contributed by atoms with Crippen molar-refractivity contribution in [3.63, 3.8) is 0 Å². The number of aromatic nitrogens is 2. The molecule has 0 unspecified atom stereocenters. The molecule has 4 rings (SSSR count). The number of carbonyl (C=O) groups is 1. The third kappa shape index (κ3) is 5.93. The van der Waals surface area contributed by atoms with Gasteiger partial charge in [0.2, 0.25) is 5.89 Å². The van der Waals surface area contributed by atoms with Crippen molar-refractivity contribution >= 4 is 5.97 Å². The summed E-state index contributed by atoms with van der Waals surface area (Å²) in [7, 11) is 0. The van der Waals surface area contributed by atoms with Crippen molar-refractivity contribution in [1.29, 1.82) is 0 Å². The van der Waals surface area contributed by atoms with E-state index in [-0.39, 0.29) is 19.1 Å². The third-order valence-corrected chi connectivity index (χ3v) is 4.27. The van der Waals surface area contributed by atoms with Crippen molar-refractivity contribution in [1.82, 2.24) is 10.2 Å². The number of carbonyl (C=O) groups excluding carboxylic acids is 1. The van der Waals surface area contributed by atoms with Gasteiger partial charge in [0.1, 0.15) is 18.1 Å². The molecule has 3 aromatic carbocycles. The lowest BCUT2D eigenvalue weighted by Gasteiger charge is -2.08. The molecule has 156 valence electrons. The lowest BCUT2D eigenvalue weighted by Crippen LogP contribution is -2.14. The molecule has 1 heterocycles. The first-order chi connectivity index (χ1) is 15.3. The van der Waals surface area contributed by atoms with Gasteiger partial charge >= 0.3 is 5.97 Å². The minimum atomic E-state index is -0.538. The molecule has 7 nitrogen and oxygen atoms in total. The molecule has 1 aromatic heterocycles. The van der Waals surface area contributed by atoms with Crippen LogP contribution in [-0.4, -0.2) is 22.8 Å². The van der Waals surface area contributed by atoms with Gasteiger partial charge in [0.05, 0.1) is 0 Å². The van der Waals surface area contributed by atoms with Crippen LogP contribution in [0.2, 0.25) is 0 Å². The van der Waals surface area contributed by atoms with Crippen LogP contribution in [0.3, 0.4) is 0 Å². The van der Waals surface area contributed by atoms with Crippen LogP contribution in [-0.2, 0) is 22.7 Å². The zero-order chi connectivity index (χ0) is 21.3. The number of benzene rings is 3. The van der Waals surface area contributed by atoms with E-state index in [0.717, 1.165) is 11.1 Å². The number of nitrogens with zero attached hydrogens (tertiary/aromatic N) is 2. The molecule has 0 saturated heterocycles. The molecule has 0 radical (unpaired) electrons. The first-order valence-corrected chi connectivity index (χ1v) is 9.69. The van der Waals surface area contributed by atoms with E-state index in [1.54, 1.807) is 24.3 Å². The maximum atomic E-state index is 11.9. The molecule has 0 amide bonds. The molecule has 4 aromatic rings. The summed E-state index contributed by atoms with van der Waals surface area (Å²) in [5.74, 6) is 1.30. The minimum Gasteiger partial charge on any atom is -0.489 e. The Bertz CT molecular complexity index is 1100. The molecule has 0 fully saturated rings. The SMILES string of the molecule is O=C(COc1ccc(OCc2ccccc2)cc1)OCc1nnc(-c2ccccc2)o1. The van der Waals surface area contributed by atoms with Crippen LogP contribution in [0.15, 0.2) is 89.3 Å². The molecule has 7 heteroatoms. The van der Waals surface area contributed by atoms with Gasteiger partial charge in [0.25, 0.3) is 5.89 Å². The zero-order valence-corrected chi connectivity index (χ0v) is 16.6. The molecular weight excluding hydrogens is 396 g/mol. The molecule has 0 saturated carbocycles. The lowest BCUT2D eigenvalue weighted by molar-refractivity contribution is -0.148. The van der Waals surface area contributed by atoms with Crippen LogP contribution in [0.4, 0.5) is 0 Å². The van der Waals surface area contributed by atoms with E-state index in [9.17, 15) is 4.79 Å². The summed E-state index contributed by atoms with van der Waals surface area (Å²) in [6.07, 6.45) is 0. The number of hydrogen-bond acceptors (Lipinski definition) is 7. The monoisotopic (exact) mass is 416 g/mol. The van der Waals surface area contributed by atoms with E-state index in [0.29, 0.717) is 24.0 Å². The van der Waals surface area contributed by atoms with E-state index in [2.05, 4.69) is 10.2 Å². The highest BCUT2D eigenvalue weighted by Gasteiger charge is 2.11. The van der Waals surface area contributed by atoms with Crippen LogP contribution in [0.5, 0.6) is 11.5 Å². The topological polar surface area (TPSA) is 83.7 Å². The highest BCUT2D eigenvalue weighted by molar-refractivity contribution is 5.71. The van der Waals surface area contributed by atoms with Gasteiger partial charge in [-0.1, -0.05) is 48.5 Å². The largest absolute Gasteiger partial charge is 0.489 e. The predicted molar refractivity (Wildman–Crippen MR) is 112 cm³/mol. The predicted octanol–water partition coefficient (Wildman–Crippen LogP) is 4.44. The van der Waals surface area contributed by atoms with E-state index >= 15 is 0 Å². The van der Waals surface area contributed by atoms with Crippen molar-refractivity contribution in [3.8, 4) is 23.0 Å². The molecule has 0 atom stereocenters. The molecule has 0 spiro atoms. The number of rotatable bonds is 9. The second-order valence-corrected chi connectivity index (χ2v) is 6.56. The van der Waals surface area contributed by atoms with Gasteiger partial charge < -0.3 is 18.6 Å². The van der Waals surface area contributed by atoms with Crippen molar-refractivity contribution < 1.29 is 23.4 Å². The standard InChI is InChI=1S/C24H20N2O5/c27-23(30-16-22-25-26-24(31-22)19-9-5-2-6-10-19)17-29-21-13-11-20(12-14-21)28-15-18-7-3-1-4-8-18/h1-14H,15-17H2. The van der Waals surface area contributed by atoms with Gasteiger partial charge in [-0.25, -0.2) is 4.79 Å². The van der Waals surface area contributed by atoms with Crippen molar-refractivity contribution in [2.45, 2.75) is 13.2 Å². The Morgan fingerprint density at radius 2 is 1.39 bits per heavy atom. The average molecular weight is 416 g/mol. The van der Waals surface area contributed by atoms with Gasteiger partial charge in [-0.05, 0) is 42.0 Å². The number of hydrogen-bond donors (Lipinski definition) is 0. The van der Waals surface area contributed by atoms with E-state index in [1.165, 1.54) is 0 Å². The van der Waals surface area contributed by atoms with Crippen LogP contribution in [0.1, 0.15) is 11.5 Å². The molecule has 31 heavy (non-hydrogen) atoms. The van der Waals surface area contributed by atoms with Crippen molar-refractivity contribution in [2.75, 3.05) is 6.61 Å². The molecule has 0 aliphatic carbocycles. The van der Waals surface area contributed by atoms with Crippen LogP contribution >= 0.6 is 0 Å². The fraction of sp³-hybridized carbons (Fsp3) is 0.125. The van der Waals surface area contributed by atoms with Gasteiger partial charge in [-0.15, -0.1) is 10.2 Å². The van der Waals surface area contributed by atoms with Crippen LogP contribution in [0.25, 0.3) is 11.5 Å². The number of esters is 1. The summed E-state index contributed by atoms with van der Waals surface area (Å²) in [6, 6.07) is 26.3. The summed E-state index contributed by atoms with van der Waals surface area (Å²) in [5.41, 5.74) is 1.88. The highest BCUT2D eigenvalue weighted by Crippen LogP contribution is 2.19. The highest BCUT2D eigenvalue weighted by atomic mass is 16.6. The summed E-state index contributed by atoms with van der Waals surface area (Å²) < 4.78 is 21.8. The Kier molecular flexibility index (Phi) is 6.54. The van der Waals surface area contributed by atoms with E-state index in [1.807, 2.05) is 60.7 Å². The smallest absolute Gasteiger partial charge is 0.344 e. The third-order valence-electron chi connectivity index (χ3n) is 4.27. The second-order valence-electron chi connectivity index (χ2n) is 6.56. The Balaban J connectivity index is 1.20. The molecule has 0 N–H and O–H groups in total. The van der Waals surface area contributed by atoms with Crippen molar-refractivity contribution in [2.24, 2.45) is 0 Å². The summed E-state index contributed by atoms with van der Waals surface area (Å²) in [4.78, 5) is 11.9. The summed E-state index contributed by atoms with van der Waals surface area (Å²) in [6.45, 7) is 0.132. The molecule has 0 aliphatic rings. The zero-order valence-electron chi connectivity index (χ0n) is 16.6. The molecule has 0 aliphatic heterocycles. The quantitative estimate of drug-likeness (QED) is 0.373.